The van der Waals surface area contributed by atoms with E-state index < -0.39 is 0 Å². The quantitative estimate of drug-likeness (QED) is 0.566. The molecule has 3 atom stereocenters. The smallest absolute Gasteiger partial charge is 0.123 e. The van der Waals surface area contributed by atoms with Gasteiger partial charge in [0, 0.05) is 5.92 Å². The van der Waals surface area contributed by atoms with Crippen LogP contribution in [0.5, 0.6) is 0 Å². The van der Waals surface area contributed by atoms with Gasteiger partial charge in [-0.25, -0.2) is 0 Å². The number of rotatable bonds is 1. The summed E-state index contributed by atoms with van der Waals surface area (Å²) < 4.78 is 0. The normalized spacial score (nSPS) is 40.5. The van der Waals surface area contributed by atoms with Crippen LogP contribution in [0.3, 0.4) is 0 Å². The molecule has 0 aromatic rings. The maximum atomic E-state index is 10.9. The molecule has 2 bridgehead atoms. The van der Waals surface area contributed by atoms with Gasteiger partial charge in [0.05, 0.1) is 0 Å². The number of aldehydes is 1. The van der Waals surface area contributed by atoms with Crippen molar-refractivity contribution in [3.8, 4) is 0 Å². The number of carbonyl (C=O) groups is 1. The fourth-order valence-electron chi connectivity index (χ4n) is 3.18. The minimum atomic E-state index is 0.402. The summed E-state index contributed by atoms with van der Waals surface area (Å²) in [6, 6.07) is 0. The average Bonchev–Trinajstić information content (AvgIpc) is 2.29. The number of hydrogen-bond acceptors (Lipinski definition) is 1. The summed E-state index contributed by atoms with van der Waals surface area (Å²) in [6.45, 7) is 0. The summed E-state index contributed by atoms with van der Waals surface area (Å²) in [4.78, 5) is 10.9. The lowest BCUT2D eigenvalue weighted by atomic mass is 9.80. The molecule has 0 aromatic heterocycles. The van der Waals surface area contributed by atoms with E-state index in [1.807, 2.05) is 0 Å². The molecule has 2 saturated carbocycles. The van der Waals surface area contributed by atoms with Crippen molar-refractivity contribution < 1.29 is 4.79 Å². The average molecular weight is 180 g/mol. The van der Waals surface area contributed by atoms with E-state index in [0.29, 0.717) is 5.92 Å². The van der Waals surface area contributed by atoms with Gasteiger partial charge in [0.1, 0.15) is 6.29 Å². The molecule has 1 nitrogen and oxygen atoms in total. The summed E-state index contributed by atoms with van der Waals surface area (Å²) in [5.41, 5.74) is 0. The summed E-state index contributed by atoms with van der Waals surface area (Å²) >= 11 is 0. The molecule has 0 saturated heterocycles. The molecular formula is C12H20O. The third-order valence-corrected chi connectivity index (χ3v) is 4.06. The van der Waals surface area contributed by atoms with Crippen LogP contribution in [0.15, 0.2) is 0 Å². The number of carbonyl (C=O) groups excluding carboxylic acids is 1. The molecule has 0 radical (unpaired) electrons. The summed E-state index contributed by atoms with van der Waals surface area (Å²) in [5, 5.41) is 0. The van der Waals surface area contributed by atoms with Crippen LogP contribution >= 0.6 is 0 Å². The highest BCUT2D eigenvalue weighted by molar-refractivity contribution is 5.54. The zero-order valence-electron chi connectivity index (χ0n) is 8.37. The maximum absolute atomic E-state index is 10.9. The first-order chi connectivity index (χ1) is 6.40. The first-order valence-electron chi connectivity index (χ1n) is 5.85. The third-order valence-electron chi connectivity index (χ3n) is 4.06. The van der Waals surface area contributed by atoms with Gasteiger partial charge in [-0.15, -0.1) is 0 Å². The van der Waals surface area contributed by atoms with E-state index >= 15 is 0 Å². The topological polar surface area (TPSA) is 17.1 Å². The van der Waals surface area contributed by atoms with Gasteiger partial charge in [-0.2, -0.15) is 0 Å². The van der Waals surface area contributed by atoms with Gasteiger partial charge >= 0.3 is 0 Å². The number of fused-ring (bicyclic) bond motifs is 3. The van der Waals surface area contributed by atoms with Crippen molar-refractivity contribution in [1.29, 1.82) is 0 Å². The first kappa shape index (κ1) is 9.23. The van der Waals surface area contributed by atoms with Gasteiger partial charge in [0.15, 0.2) is 0 Å². The van der Waals surface area contributed by atoms with Gasteiger partial charge in [0.2, 0.25) is 0 Å². The Morgan fingerprint density at radius 2 is 1.62 bits per heavy atom. The molecule has 0 N–H and O–H groups in total. The fraction of sp³-hybridized carbons (Fsp3) is 0.917. The van der Waals surface area contributed by atoms with Gasteiger partial charge in [-0.3, -0.25) is 0 Å². The van der Waals surface area contributed by atoms with Crippen LogP contribution in [0.4, 0.5) is 0 Å². The Morgan fingerprint density at radius 3 is 2.38 bits per heavy atom. The standard InChI is InChI=1S/C12H20O/c13-9-12-6-2-4-10-3-1-5-11(12)8-7-10/h9-12H,1-8H2. The monoisotopic (exact) mass is 180 g/mol. The van der Waals surface area contributed by atoms with Crippen molar-refractivity contribution in [1.82, 2.24) is 0 Å². The minimum absolute atomic E-state index is 0.402. The Hall–Kier alpha value is -0.330. The SMILES string of the molecule is O=CC1CCCC2CCCC1CC2. The zero-order chi connectivity index (χ0) is 9.10. The van der Waals surface area contributed by atoms with E-state index in [1.54, 1.807) is 0 Å². The second-order valence-corrected chi connectivity index (χ2v) is 4.87. The van der Waals surface area contributed by atoms with Crippen molar-refractivity contribution in [3.05, 3.63) is 0 Å². The van der Waals surface area contributed by atoms with Gasteiger partial charge in [-0.1, -0.05) is 32.1 Å². The molecule has 13 heavy (non-hydrogen) atoms. The van der Waals surface area contributed by atoms with E-state index in [4.69, 9.17) is 0 Å². The molecule has 0 spiro atoms. The lowest BCUT2D eigenvalue weighted by Crippen LogP contribution is -2.17. The van der Waals surface area contributed by atoms with E-state index in [0.717, 1.165) is 11.8 Å². The molecule has 1 heteroatoms. The Labute approximate surface area is 80.9 Å². The van der Waals surface area contributed by atoms with Crippen molar-refractivity contribution in [2.75, 3.05) is 0 Å². The van der Waals surface area contributed by atoms with Crippen LogP contribution in [-0.2, 0) is 4.79 Å². The molecule has 3 unspecified atom stereocenters. The Balaban J connectivity index is 2.05. The van der Waals surface area contributed by atoms with Crippen LogP contribution in [0, 0.1) is 17.8 Å². The summed E-state index contributed by atoms with van der Waals surface area (Å²) in [6.07, 6.45) is 11.9. The Kier molecular flexibility index (Phi) is 3.02. The highest BCUT2D eigenvalue weighted by Gasteiger charge is 2.27. The fourth-order valence-corrected chi connectivity index (χ4v) is 3.18. The molecule has 2 rings (SSSR count). The molecule has 74 valence electrons. The zero-order valence-corrected chi connectivity index (χ0v) is 8.37. The Bertz CT molecular complexity index is 176. The van der Waals surface area contributed by atoms with E-state index in [2.05, 4.69) is 0 Å². The molecule has 0 heterocycles. The van der Waals surface area contributed by atoms with Gasteiger partial charge in [-0.05, 0) is 31.1 Å². The van der Waals surface area contributed by atoms with Crippen molar-refractivity contribution in [2.45, 2.75) is 51.4 Å². The molecule has 0 aliphatic heterocycles. The van der Waals surface area contributed by atoms with Gasteiger partial charge in [0.25, 0.3) is 0 Å². The predicted molar refractivity (Wildman–Crippen MR) is 53.5 cm³/mol. The summed E-state index contributed by atoms with van der Waals surface area (Å²) in [7, 11) is 0. The second kappa shape index (κ2) is 4.26. The lowest BCUT2D eigenvalue weighted by molar-refractivity contribution is -0.113. The van der Waals surface area contributed by atoms with Crippen LogP contribution in [0.25, 0.3) is 0 Å². The molecule has 2 fully saturated rings. The molecular weight excluding hydrogens is 160 g/mol. The van der Waals surface area contributed by atoms with Crippen molar-refractivity contribution in [2.24, 2.45) is 17.8 Å². The largest absolute Gasteiger partial charge is 0.303 e. The van der Waals surface area contributed by atoms with Gasteiger partial charge < -0.3 is 4.79 Å². The molecule has 0 aromatic carbocycles. The van der Waals surface area contributed by atoms with Crippen LogP contribution in [0.1, 0.15) is 51.4 Å². The number of hydrogen-bond donors (Lipinski definition) is 0. The lowest BCUT2D eigenvalue weighted by Gasteiger charge is -2.24. The third kappa shape index (κ3) is 2.12. The van der Waals surface area contributed by atoms with E-state index in [-0.39, 0.29) is 0 Å². The van der Waals surface area contributed by atoms with Crippen LogP contribution in [0.2, 0.25) is 0 Å². The van der Waals surface area contributed by atoms with E-state index in [1.165, 1.54) is 57.7 Å². The molecule has 0 amide bonds. The van der Waals surface area contributed by atoms with Crippen LogP contribution < -0.4 is 0 Å². The minimum Gasteiger partial charge on any atom is -0.303 e. The maximum Gasteiger partial charge on any atom is 0.123 e. The predicted octanol–water partition coefficient (Wildman–Crippen LogP) is 3.18. The summed E-state index contributed by atoms with van der Waals surface area (Å²) in [5.74, 6) is 2.14. The first-order valence-corrected chi connectivity index (χ1v) is 5.85. The molecule has 2 aliphatic rings. The van der Waals surface area contributed by atoms with E-state index in [9.17, 15) is 4.79 Å². The highest BCUT2D eigenvalue weighted by atomic mass is 16.1. The van der Waals surface area contributed by atoms with Crippen molar-refractivity contribution >= 4 is 6.29 Å². The highest BCUT2D eigenvalue weighted by Crippen LogP contribution is 2.38. The molecule has 2 aliphatic carbocycles. The van der Waals surface area contributed by atoms with Crippen LogP contribution in [-0.4, -0.2) is 6.29 Å². The Morgan fingerprint density at radius 1 is 0.846 bits per heavy atom. The van der Waals surface area contributed by atoms with Crippen molar-refractivity contribution in [3.63, 3.8) is 0 Å². The second-order valence-electron chi connectivity index (χ2n) is 4.87.